The molecule has 0 aromatic heterocycles. The molecule has 0 spiro atoms. The summed E-state index contributed by atoms with van der Waals surface area (Å²) in [5, 5.41) is -0.0602. The van der Waals surface area contributed by atoms with Crippen LogP contribution in [0.15, 0.2) is 59.5 Å². The molecule has 2 aromatic rings. The summed E-state index contributed by atoms with van der Waals surface area (Å²) in [7, 11) is 1.67. The van der Waals surface area contributed by atoms with Crippen molar-refractivity contribution in [2.45, 2.75) is 17.1 Å². The largest absolute Gasteiger partial charge is 0.497 e. The molecule has 1 heterocycles. The van der Waals surface area contributed by atoms with Crippen molar-refractivity contribution in [1.82, 2.24) is 4.90 Å². The molecule has 1 atom stereocenters. The zero-order valence-electron chi connectivity index (χ0n) is 14.7. The zero-order chi connectivity index (χ0) is 17.6. The number of carbonyl (C=O) groups is 1. The molecule has 0 unspecified atom stereocenters. The molecule has 2 aromatic carbocycles. The number of methoxy groups -OCH3 is 1. The summed E-state index contributed by atoms with van der Waals surface area (Å²) in [5.41, 5.74) is 1.18. The predicted octanol–water partition coefficient (Wildman–Crippen LogP) is 3.52. The van der Waals surface area contributed by atoms with E-state index in [4.69, 9.17) is 4.74 Å². The van der Waals surface area contributed by atoms with Gasteiger partial charge in [0.1, 0.15) is 5.75 Å². The van der Waals surface area contributed by atoms with Crippen LogP contribution in [-0.2, 0) is 4.79 Å². The Morgan fingerprint density at radius 3 is 2.24 bits per heavy atom. The summed E-state index contributed by atoms with van der Waals surface area (Å²) < 4.78 is 5.21. The summed E-state index contributed by atoms with van der Waals surface area (Å²) in [6, 6.07) is 18.2. The number of carbonyl (C=O) groups excluding carboxylic acids is 1. The molecule has 0 saturated carbocycles. The smallest absolute Gasteiger partial charge is 0.235 e. The van der Waals surface area contributed by atoms with Crippen molar-refractivity contribution >= 4 is 23.4 Å². The molecular formula is C20H24N2O2S. The van der Waals surface area contributed by atoms with Gasteiger partial charge in [0.15, 0.2) is 0 Å². The van der Waals surface area contributed by atoms with E-state index in [9.17, 15) is 4.79 Å². The Kier molecular flexibility index (Phi) is 5.87. The number of hydrogen-bond acceptors (Lipinski definition) is 4. The van der Waals surface area contributed by atoms with Crippen LogP contribution in [0.1, 0.15) is 6.92 Å². The molecule has 4 nitrogen and oxygen atoms in total. The van der Waals surface area contributed by atoms with Crippen molar-refractivity contribution in [2.24, 2.45) is 0 Å². The lowest BCUT2D eigenvalue weighted by Crippen LogP contribution is -2.50. The number of ether oxygens (including phenoxy) is 1. The Morgan fingerprint density at radius 1 is 1.00 bits per heavy atom. The van der Waals surface area contributed by atoms with Gasteiger partial charge in [-0.15, -0.1) is 11.8 Å². The van der Waals surface area contributed by atoms with E-state index < -0.39 is 0 Å². The SMILES string of the molecule is COc1ccc(N2CCN(C(=O)[C@H](C)Sc3ccccc3)CC2)cc1. The van der Waals surface area contributed by atoms with Crippen molar-refractivity contribution in [3.63, 3.8) is 0 Å². The number of nitrogens with zero attached hydrogens (tertiary/aromatic N) is 2. The number of benzene rings is 2. The van der Waals surface area contributed by atoms with E-state index >= 15 is 0 Å². The van der Waals surface area contributed by atoms with E-state index in [0.29, 0.717) is 0 Å². The van der Waals surface area contributed by atoms with Gasteiger partial charge in [-0.2, -0.15) is 0 Å². The van der Waals surface area contributed by atoms with Gasteiger partial charge in [0, 0.05) is 36.8 Å². The van der Waals surface area contributed by atoms with Crippen LogP contribution in [0.2, 0.25) is 0 Å². The molecule has 0 bridgehead atoms. The molecule has 132 valence electrons. The van der Waals surface area contributed by atoms with Crippen LogP contribution in [0.4, 0.5) is 5.69 Å². The molecule has 1 saturated heterocycles. The molecule has 5 heteroatoms. The summed E-state index contributed by atoms with van der Waals surface area (Å²) in [6.45, 7) is 5.26. The van der Waals surface area contributed by atoms with Crippen LogP contribution in [-0.4, -0.2) is 49.3 Å². The normalized spacial score (nSPS) is 15.8. The fraction of sp³-hybridized carbons (Fsp3) is 0.350. The van der Waals surface area contributed by atoms with Crippen molar-refractivity contribution in [2.75, 3.05) is 38.2 Å². The van der Waals surface area contributed by atoms with Crippen LogP contribution in [0.3, 0.4) is 0 Å². The summed E-state index contributed by atoms with van der Waals surface area (Å²) in [4.78, 5) is 18.1. The van der Waals surface area contributed by atoms with E-state index in [-0.39, 0.29) is 11.2 Å². The molecule has 0 N–H and O–H groups in total. The standard InChI is InChI=1S/C20H24N2O2S/c1-16(25-19-6-4-3-5-7-19)20(23)22-14-12-21(13-15-22)17-8-10-18(24-2)11-9-17/h3-11,16H,12-15H2,1-2H3/t16-/m0/s1. The van der Waals surface area contributed by atoms with Gasteiger partial charge in [-0.1, -0.05) is 18.2 Å². The Bertz CT molecular complexity index is 683. The first-order valence-electron chi connectivity index (χ1n) is 8.57. The van der Waals surface area contributed by atoms with Crippen molar-refractivity contribution in [3.8, 4) is 5.75 Å². The first-order valence-corrected chi connectivity index (χ1v) is 9.45. The fourth-order valence-corrected chi connectivity index (χ4v) is 3.96. The minimum Gasteiger partial charge on any atom is -0.497 e. The quantitative estimate of drug-likeness (QED) is 0.768. The van der Waals surface area contributed by atoms with Crippen LogP contribution in [0, 0.1) is 0 Å². The number of thioether (sulfide) groups is 1. The zero-order valence-corrected chi connectivity index (χ0v) is 15.5. The highest BCUT2D eigenvalue weighted by Gasteiger charge is 2.25. The average molecular weight is 356 g/mol. The molecular weight excluding hydrogens is 332 g/mol. The minimum absolute atomic E-state index is 0.0602. The minimum atomic E-state index is -0.0602. The van der Waals surface area contributed by atoms with E-state index in [0.717, 1.165) is 36.8 Å². The fourth-order valence-electron chi connectivity index (χ4n) is 2.99. The average Bonchev–Trinajstić information content (AvgIpc) is 2.68. The highest BCUT2D eigenvalue weighted by Crippen LogP contribution is 2.25. The van der Waals surface area contributed by atoms with Crippen LogP contribution in [0.25, 0.3) is 0 Å². The van der Waals surface area contributed by atoms with E-state index in [2.05, 4.69) is 29.2 Å². The molecule has 0 aliphatic carbocycles. The maximum atomic E-state index is 12.7. The topological polar surface area (TPSA) is 32.8 Å². The highest BCUT2D eigenvalue weighted by atomic mass is 32.2. The van der Waals surface area contributed by atoms with Gasteiger partial charge in [-0.3, -0.25) is 4.79 Å². The Balaban J connectivity index is 1.53. The number of anilines is 1. The second kappa shape index (κ2) is 8.30. The van der Waals surface area contributed by atoms with Crippen molar-refractivity contribution in [1.29, 1.82) is 0 Å². The highest BCUT2D eigenvalue weighted by molar-refractivity contribution is 8.00. The van der Waals surface area contributed by atoms with Crippen LogP contribution < -0.4 is 9.64 Å². The van der Waals surface area contributed by atoms with Gasteiger partial charge < -0.3 is 14.5 Å². The molecule has 3 rings (SSSR count). The molecule has 1 aliphatic heterocycles. The van der Waals surface area contributed by atoms with E-state index in [1.165, 1.54) is 5.69 Å². The maximum absolute atomic E-state index is 12.7. The number of piperazine rings is 1. The van der Waals surface area contributed by atoms with E-state index in [1.54, 1.807) is 18.9 Å². The first kappa shape index (κ1) is 17.7. The number of amides is 1. The molecule has 1 fully saturated rings. The lowest BCUT2D eigenvalue weighted by Gasteiger charge is -2.37. The lowest BCUT2D eigenvalue weighted by atomic mass is 10.2. The third kappa shape index (κ3) is 4.48. The van der Waals surface area contributed by atoms with Crippen molar-refractivity contribution in [3.05, 3.63) is 54.6 Å². The van der Waals surface area contributed by atoms with Gasteiger partial charge in [-0.25, -0.2) is 0 Å². The monoisotopic (exact) mass is 356 g/mol. The lowest BCUT2D eigenvalue weighted by molar-refractivity contribution is -0.130. The third-order valence-corrected chi connectivity index (χ3v) is 5.53. The predicted molar refractivity (Wildman–Crippen MR) is 104 cm³/mol. The third-order valence-electron chi connectivity index (χ3n) is 4.43. The van der Waals surface area contributed by atoms with Gasteiger partial charge in [0.2, 0.25) is 5.91 Å². The molecule has 1 amide bonds. The second-order valence-electron chi connectivity index (χ2n) is 6.08. The Morgan fingerprint density at radius 2 is 1.64 bits per heavy atom. The second-order valence-corrected chi connectivity index (χ2v) is 7.50. The maximum Gasteiger partial charge on any atom is 0.235 e. The molecule has 1 aliphatic rings. The Labute approximate surface area is 153 Å². The van der Waals surface area contributed by atoms with E-state index in [1.807, 2.05) is 42.2 Å². The van der Waals surface area contributed by atoms with Gasteiger partial charge in [0.25, 0.3) is 0 Å². The van der Waals surface area contributed by atoms with Gasteiger partial charge in [-0.05, 0) is 43.3 Å². The number of hydrogen-bond donors (Lipinski definition) is 0. The molecule has 0 radical (unpaired) electrons. The molecule has 25 heavy (non-hydrogen) atoms. The summed E-state index contributed by atoms with van der Waals surface area (Å²) in [5.74, 6) is 1.09. The van der Waals surface area contributed by atoms with Crippen LogP contribution >= 0.6 is 11.8 Å². The van der Waals surface area contributed by atoms with Gasteiger partial charge in [0.05, 0.1) is 12.4 Å². The first-order chi connectivity index (χ1) is 12.2. The Hall–Kier alpha value is -2.14. The number of rotatable bonds is 5. The van der Waals surface area contributed by atoms with Crippen LogP contribution in [0.5, 0.6) is 5.75 Å². The summed E-state index contributed by atoms with van der Waals surface area (Å²) >= 11 is 1.63. The van der Waals surface area contributed by atoms with Crippen molar-refractivity contribution < 1.29 is 9.53 Å². The summed E-state index contributed by atoms with van der Waals surface area (Å²) in [6.07, 6.45) is 0. The van der Waals surface area contributed by atoms with Gasteiger partial charge >= 0.3 is 0 Å².